The van der Waals surface area contributed by atoms with Crippen molar-refractivity contribution in [3.05, 3.63) is 45.7 Å². The molecule has 3 aliphatic rings. The number of carbonyl (C=O) groups is 1. The quantitative estimate of drug-likeness (QED) is 0.756. The van der Waals surface area contributed by atoms with E-state index in [1.165, 1.54) is 24.2 Å². The summed E-state index contributed by atoms with van der Waals surface area (Å²) in [5.41, 5.74) is 3.68. The van der Waals surface area contributed by atoms with E-state index in [-0.39, 0.29) is 17.5 Å². The summed E-state index contributed by atoms with van der Waals surface area (Å²) in [5.74, 6) is -0.112. The average molecular weight is 453 g/mol. The first-order chi connectivity index (χ1) is 15.8. The van der Waals surface area contributed by atoms with Crippen LogP contribution in [0.15, 0.2) is 29.2 Å². The van der Waals surface area contributed by atoms with E-state index < -0.39 is 11.4 Å². The molecule has 7 heteroatoms. The van der Waals surface area contributed by atoms with Crippen LogP contribution in [-0.2, 0) is 11.2 Å². The number of hydrogen-bond acceptors (Lipinski definition) is 5. The Labute approximate surface area is 193 Å². The van der Waals surface area contributed by atoms with Gasteiger partial charge in [0, 0.05) is 50.2 Å². The number of carboxylic acids is 1. The van der Waals surface area contributed by atoms with Crippen molar-refractivity contribution in [1.29, 1.82) is 0 Å². The van der Waals surface area contributed by atoms with E-state index in [9.17, 15) is 14.7 Å². The van der Waals surface area contributed by atoms with Crippen LogP contribution in [0.4, 0.5) is 5.69 Å². The molecule has 0 radical (unpaired) electrons. The molecule has 2 saturated heterocycles. The molecule has 0 saturated carbocycles. The van der Waals surface area contributed by atoms with Crippen LogP contribution in [0.1, 0.15) is 55.1 Å². The molecule has 0 aliphatic carbocycles. The van der Waals surface area contributed by atoms with Gasteiger partial charge in [-0.1, -0.05) is 13.8 Å². The number of rotatable bonds is 4. The lowest BCUT2D eigenvalue weighted by Gasteiger charge is -2.35. The first-order valence-corrected chi connectivity index (χ1v) is 11.9. The molecule has 1 spiro atoms. The number of ether oxygens (including phenoxy) is 2. The summed E-state index contributed by atoms with van der Waals surface area (Å²) in [6.07, 6.45) is 5.68. The third-order valence-corrected chi connectivity index (χ3v) is 7.88. The highest BCUT2D eigenvalue weighted by Gasteiger charge is 2.40. The molecular weight excluding hydrogens is 420 g/mol. The fraction of sp³-hybridized carbons (Fsp3) is 0.538. The second-order valence-electron chi connectivity index (χ2n) is 10.1. The number of anilines is 1. The van der Waals surface area contributed by atoms with Crippen LogP contribution in [0.3, 0.4) is 0 Å². The largest absolute Gasteiger partial charge is 0.495 e. The topological polar surface area (TPSA) is 81.0 Å². The molecule has 0 bridgehead atoms. The highest BCUT2D eigenvalue weighted by Crippen LogP contribution is 2.47. The molecule has 7 nitrogen and oxygen atoms in total. The van der Waals surface area contributed by atoms with Gasteiger partial charge in [-0.2, -0.15) is 0 Å². The lowest BCUT2D eigenvalue weighted by atomic mass is 9.80. The lowest BCUT2D eigenvalue weighted by molar-refractivity contribution is 0.0254. The van der Waals surface area contributed by atoms with Gasteiger partial charge in [-0.25, -0.2) is 4.79 Å². The summed E-state index contributed by atoms with van der Waals surface area (Å²) in [6, 6.07) is 5.82. The van der Waals surface area contributed by atoms with Gasteiger partial charge in [-0.3, -0.25) is 4.79 Å². The van der Waals surface area contributed by atoms with Gasteiger partial charge in [-0.15, -0.1) is 0 Å². The van der Waals surface area contributed by atoms with Gasteiger partial charge < -0.3 is 24.0 Å². The Morgan fingerprint density at radius 1 is 1.21 bits per heavy atom. The Morgan fingerprint density at radius 3 is 2.64 bits per heavy atom. The van der Waals surface area contributed by atoms with Crippen LogP contribution in [0.5, 0.6) is 5.75 Å². The van der Waals surface area contributed by atoms with E-state index >= 15 is 0 Å². The van der Waals surface area contributed by atoms with Crippen molar-refractivity contribution >= 4 is 11.7 Å². The van der Waals surface area contributed by atoms with E-state index in [0.29, 0.717) is 5.41 Å². The predicted molar refractivity (Wildman–Crippen MR) is 127 cm³/mol. The smallest absolute Gasteiger partial charge is 0.341 e. The van der Waals surface area contributed by atoms with Crippen LogP contribution in [-0.4, -0.2) is 49.1 Å². The van der Waals surface area contributed by atoms with Crippen molar-refractivity contribution in [2.45, 2.75) is 45.6 Å². The molecule has 3 aliphatic heterocycles. The van der Waals surface area contributed by atoms with Crippen molar-refractivity contribution in [2.24, 2.45) is 11.3 Å². The zero-order valence-corrected chi connectivity index (χ0v) is 19.6. The summed E-state index contributed by atoms with van der Waals surface area (Å²) in [4.78, 5) is 26.6. The second-order valence-corrected chi connectivity index (χ2v) is 10.1. The minimum Gasteiger partial charge on any atom is -0.495 e. The van der Waals surface area contributed by atoms with Crippen LogP contribution >= 0.6 is 0 Å². The number of aromatic nitrogens is 1. The van der Waals surface area contributed by atoms with Gasteiger partial charge in [0.05, 0.1) is 18.5 Å². The minimum absolute atomic E-state index is 0.0767. The van der Waals surface area contributed by atoms with Gasteiger partial charge in [0.25, 0.3) is 0 Å². The van der Waals surface area contributed by atoms with E-state index in [1.54, 1.807) is 7.11 Å². The van der Waals surface area contributed by atoms with Gasteiger partial charge in [0.2, 0.25) is 0 Å². The number of pyridine rings is 1. The Morgan fingerprint density at radius 2 is 1.97 bits per heavy atom. The molecular formula is C26H32N2O5. The van der Waals surface area contributed by atoms with Gasteiger partial charge in [0.1, 0.15) is 11.3 Å². The van der Waals surface area contributed by atoms with E-state index in [1.807, 2.05) is 10.6 Å². The second kappa shape index (κ2) is 8.20. The van der Waals surface area contributed by atoms with Crippen LogP contribution in [0, 0.1) is 11.3 Å². The highest BCUT2D eigenvalue weighted by atomic mass is 16.5. The number of nitrogens with zero attached hydrogens (tertiary/aromatic N) is 2. The third-order valence-electron chi connectivity index (χ3n) is 7.88. The maximum Gasteiger partial charge on any atom is 0.341 e. The average Bonchev–Trinajstić information content (AvgIpc) is 3.20. The molecule has 33 heavy (non-hydrogen) atoms. The molecule has 4 heterocycles. The zero-order chi connectivity index (χ0) is 23.3. The Kier molecular flexibility index (Phi) is 5.47. The molecule has 1 unspecified atom stereocenters. The molecule has 2 aromatic rings. The van der Waals surface area contributed by atoms with Crippen molar-refractivity contribution < 1.29 is 19.4 Å². The normalized spacial score (nSPS) is 21.2. The maximum absolute atomic E-state index is 12.6. The number of hydrogen-bond donors (Lipinski definition) is 1. The predicted octanol–water partition coefficient (Wildman–Crippen LogP) is 3.98. The lowest BCUT2D eigenvalue weighted by Crippen LogP contribution is -2.33. The molecule has 0 amide bonds. The van der Waals surface area contributed by atoms with Crippen molar-refractivity contribution in [2.75, 3.05) is 38.3 Å². The highest BCUT2D eigenvalue weighted by molar-refractivity contribution is 5.88. The van der Waals surface area contributed by atoms with Gasteiger partial charge >= 0.3 is 5.97 Å². The summed E-state index contributed by atoms with van der Waals surface area (Å²) < 4.78 is 13.4. The molecule has 176 valence electrons. The Hall–Kier alpha value is -2.80. The minimum atomic E-state index is -1.19. The third kappa shape index (κ3) is 3.72. The number of benzene rings is 1. The molecule has 1 N–H and O–H groups in total. The van der Waals surface area contributed by atoms with Crippen molar-refractivity contribution in [3.8, 4) is 17.0 Å². The van der Waals surface area contributed by atoms with E-state index in [4.69, 9.17) is 9.47 Å². The van der Waals surface area contributed by atoms with Crippen LogP contribution < -0.4 is 15.1 Å². The van der Waals surface area contributed by atoms with E-state index in [2.05, 4.69) is 24.8 Å². The maximum atomic E-state index is 12.6. The zero-order valence-electron chi connectivity index (χ0n) is 19.6. The number of methoxy groups -OCH3 is 1. The molecule has 1 atom stereocenters. The molecule has 5 rings (SSSR count). The van der Waals surface area contributed by atoms with E-state index in [0.717, 1.165) is 68.3 Å². The number of fused-ring (bicyclic) bond motifs is 3. The Balaban J connectivity index is 1.59. The number of carboxylic acid groups (broad SMARTS) is 1. The van der Waals surface area contributed by atoms with Gasteiger partial charge in [-0.05, 0) is 54.7 Å². The summed E-state index contributed by atoms with van der Waals surface area (Å²) >= 11 is 0. The van der Waals surface area contributed by atoms with Crippen LogP contribution in [0.25, 0.3) is 11.3 Å². The van der Waals surface area contributed by atoms with Crippen molar-refractivity contribution in [1.82, 2.24) is 4.57 Å². The van der Waals surface area contributed by atoms with Gasteiger partial charge in [0.15, 0.2) is 5.43 Å². The fourth-order valence-corrected chi connectivity index (χ4v) is 5.86. The van der Waals surface area contributed by atoms with Crippen molar-refractivity contribution in [3.63, 3.8) is 0 Å². The monoisotopic (exact) mass is 452 g/mol. The standard InChI is InChI=1S/C26H32N2O5/c1-16(2)20-10-17-11-22(27-7-4-26(15-27)5-8-33-9-6-26)24(32-3)12-18(17)21-13-23(29)19(25(30)31)14-28(20)21/h11-14,16,20H,4-10,15H2,1-3H3,(H,30,31). The number of aromatic carboxylic acids is 1. The van der Waals surface area contributed by atoms with Crippen LogP contribution in [0.2, 0.25) is 0 Å². The summed E-state index contributed by atoms with van der Waals surface area (Å²) in [5, 5.41) is 9.49. The summed E-state index contributed by atoms with van der Waals surface area (Å²) in [7, 11) is 1.69. The molecule has 2 fully saturated rings. The molecule has 1 aromatic heterocycles. The Bertz CT molecular complexity index is 1150. The SMILES string of the molecule is COc1cc2c(cc1N1CCC3(CCOCC3)C1)CC(C(C)C)n1cc(C(=O)O)c(=O)cc1-2. The first kappa shape index (κ1) is 22.0. The fourth-order valence-electron chi connectivity index (χ4n) is 5.86. The summed E-state index contributed by atoms with van der Waals surface area (Å²) in [6.45, 7) is 7.97. The molecule has 1 aromatic carbocycles. The first-order valence-electron chi connectivity index (χ1n) is 11.9.